The number of aliphatic hydroxyl groups excluding tert-OH is 1. The maximum atomic E-state index is 9.21. The number of likely N-dealkylation sites (tertiary alicyclic amines) is 1. The lowest BCUT2D eigenvalue weighted by molar-refractivity contribution is 0.148. The Labute approximate surface area is 107 Å². The van der Waals surface area contributed by atoms with Crippen molar-refractivity contribution in [3.8, 4) is 0 Å². The highest BCUT2D eigenvalue weighted by atomic mass is 16.3. The second-order valence-corrected chi connectivity index (χ2v) is 5.42. The summed E-state index contributed by atoms with van der Waals surface area (Å²) in [6.07, 6.45) is 4.88. The van der Waals surface area contributed by atoms with Crippen molar-refractivity contribution >= 4 is 0 Å². The van der Waals surface area contributed by atoms with E-state index in [0.29, 0.717) is 6.04 Å². The zero-order valence-corrected chi connectivity index (χ0v) is 11.8. The third-order valence-electron chi connectivity index (χ3n) is 4.09. The SMILES string of the molecule is CCCN1CCC(C(C)NC(CC)CO)CC1. The summed E-state index contributed by atoms with van der Waals surface area (Å²) >= 11 is 0. The van der Waals surface area contributed by atoms with Crippen LogP contribution in [0.15, 0.2) is 0 Å². The van der Waals surface area contributed by atoms with Gasteiger partial charge >= 0.3 is 0 Å². The number of nitrogens with one attached hydrogen (secondary N) is 1. The molecule has 1 fully saturated rings. The predicted octanol–water partition coefficient (Wildman–Crippen LogP) is 1.86. The minimum absolute atomic E-state index is 0.259. The molecule has 1 heterocycles. The van der Waals surface area contributed by atoms with E-state index in [-0.39, 0.29) is 12.6 Å². The summed E-state index contributed by atoms with van der Waals surface area (Å²) in [6, 6.07) is 0.814. The van der Waals surface area contributed by atoms with Crippen LogP contribution in [0.2, 0.25) is 0 Å². The molecule has 0 spiro atoms. The first kappa shape index (κ1) is 14.9. The summed E-state index contributed by atoms with van der Waals surface area (Å²) < 4.78 is 0. The Bertz CT molecular complexity index is 187. The van der Waals surface area contributed by atoms with Gasteiger partial charge in [-0.1, -0.05) is 13.8 Å². The van der Waals surface area contributed by atoms with Crippen LogP contribution in [-0.4, -0.2) is 48.3 Å². The Morgan fingerprint density at radius 1 is 1.29 bits per heavy atom. The summed E-state index contributed by atoms with van der Waals surface area (Å²) in [7, 11) is 0. The number of piperidine rings is 1. The van der Waals surface area contributed by atoms with Gasteiger partial charge in [0.05, 0.1) is 6.61 Å². The van der Waals surface area contributed by atoms with Crippen LogP contribution in [0.1, 0.15) is 46.5 Å². The van der Waals surface area contributed by atoms with Gasteiger partial charge in [-0.2, -0.15) is 0 Å². The molecule has 0 radical (unpaired) electrons. The van der Waals surface area contributed by atoms with Crippen molar-refractivity contribution in [3.63, 3.8) is 0 Å². The molecule has 1 aliphatic heterocycles. The lowest BCUT2D eigenvalue weighted by Gasteiger charge is -2.36. The van der Waals surface area contributed by atoms with Crippen LogP contribution in [0.25, 0.3) is 0 Å². The van der Waals surface area contributed by atoms with Gasteiger partial charge in [0, 0.05) is 12.1 Å². The second-order valence-electron chi connectivity index (χ2n) is 5.42. The molecule has 0 amide bonds. The van der Waals surface area contributed by atoms with Crippen LogP contribution in [-0.2, 0) is 0 Å². The van der Waals surface area contributed by atoms with E-state index >= 15 is 0 Å². The molecule has 0 aromatic rings. The topological polar surface area (TPSA) is 35.5 Å². The summed E-state index contributed by atoms with van der Waals surface area (Å²) in [4.78, 5) is 2.58. The first-order valence-corrected chi connectivity index (χ1v) is 7.30. The molecule has 1 rings (SSSR count). The maximum Gasteiger partial charge on any atom is 0.0584 e. The summed E-state index contributed by atoms with van der Waals surface area (Å²) in [6.45, 7) is 10.7. The molecule has 0 bridgehead atoms. The molecule has 3 nitrogen and oxygen atoms in total. The number of rotatable bonds is 7. The van der Waals surface area contributed by atoms with Gasteiger partial charge < -0.3 is 15.3 Å². The van der Waals surface area contributed by atoms with Crippen LogP contribution in [0.5, 0.6) is 0 Å². The van der Waals surface area contributed by atoms with E-state index < -0.39 is 0 Å². The summed E-state index contributed by atoms with van der Waals surface area (Å²) in [5, 5.41) is 12.8. The van der Waals surface area contributed by atoms with Gasteiger partial charge in [0.1, 0.15) is 0 Å². The Hall–Kier alpha value is -0.120. The average Bonchev–Trinajstić information content (AvgIpc) is 2.37. The highest BCUT2D eigenvalue weighted by molar-refractivity contribution is 4.81. The molecule has 0 aliphatic carbocycles. The fourth-order valence-corrected chi connectivity index (χ4v) is 2.80. The third-order valence-corrected chi connectivity index (χ3v) is 4.09. The molecule has 1 saturated heterocycles. The number of hydrogen-bond acceptors (Lipinski definition) is 3. The number of nitrogens with zero attached hydrogens (tertiary/aromatic N) is 1. The Kier molecular flexibility index (Phi) is 7.09. The van der Waals surface area contributed by atoms with Crippen LogP contribution >= 0.6 is 0 Å². The minimum atomic E-state index is 0.259. The van der Waals surface area contributed by atoms with Crippen molar-refractivity contribution in [3.05, 3.63) is 0 Å². The quantitative estimate of drug-likeness (QED) is 0.715. The maximum absolute atomic E-state index is 9.21. The molecule has 2 N–H and O–H groups in total. The standard InChI is InChI=1S/C14H30N2O/c1-4-8-16-9-6-13(7-10-16)12(3)15-14(5-2)11-17/h12-15,17H,4-11H2,1-3H3. The van der Waals surface area contributed by atoms with E-state index in [1.165, 1.54) is 38.9 Å². The molecule has 1 aliphatic rings. The lowest BCUT2D eigenvalue weighted by atomic mass is 9.89. The van der Waals surface area contributed by atoms with E-state index in [4.69, 9.17) is 0 Å². The zero-order valence-electron chi connectivity index (χ0n) is 11.8. The molecule has 17 heavy (non-hydrogen) atoms. The largest absolute Gasteiger partial charge is 0.395 e. The van der Waals surface area contributed by atoms with Crippen molar-refractivity contribution in [1.29, 1.82) is 0 Å². The van der Waals surface area contributed by atoms with Gasteiger partial charge in [0.15, 0.2) is 0 Å². The lowest BCUT2D eigenvalue weighted by Crippen LogP contribution is -2.46. The Balaban J connectivity index is 2.27. The van der Waals surface area contributed by atoms with E-state index in [0.717, 1.165) is 12.3 Å². The molecular weight excluding hydrogens is 212 g/mol. The first-order valence-electron chi connectivity index (χ1n) is 7.30. The van der Waals surface area contributed by atoms with E-state index in [1.807, 2.05) is 0 Å². The van der Waals surface area contributed by atoms with Gasteiger partial charge in [0.25, 0.3) is 0 Å². The fraction of sp³-hybridized carbons (Fsp3) is 1.00. The second kappa shape index (κ2) is 8.06. The molecule has 2 atom stereocenters. The van der Waals surface area contributed by atoms with Gasteiger partial charge in [-0.15, -0.1) is 0 Å². The van der Waals surface area contributed by atoms with E-state index in [9.17, 15) is 5.11 Å². The summed E-state index contributed by atoms with van der Waals surface area (Å²) in [5.41, 5.74) is 0. The van der Waals surface area contributed by atoms with Crippen molar-refractivity contribution in [1.82, 2.24) is 10.2 Å². The van der Waals surface area contributed by atoms with Gasteiger partial charge in [-0.25, -0.2) is 0 Å². The Morgan fingerprint density at radius 2 is 1.94 bits per heavy atom. The molecule has 2 unspecified atom stereocenters. The molecule has 0 aromatic carbocycles. The minimum Gasteiger partial charge on any atom is -0.395 e. The molecule has 0 saturated carbocycles. The van der Waals surface area contributed by atoms with Gasteiger partial charge in [0.2, 0.25) is 0 Å². The fourth-order valence-electron chi connectivity index (χ4n) is 2.80. The highest BCUT2D eigenvalue weighted by Crippen LogP contribution is 2.21. The van der Waals surface area contributed by atoms with Crippen LogP contribution < -0.4 is 5.32 Å². The van der Waals surface area contributed by atoms with Crippen molar-refractivity contribution in [2.75, 3.05) is 26.2 Å². The first-order chi connectivity index (χ1) is 8.21. The van der Waals surface area contributed by atoms with Crippen LogP contribution in [0.4, 0.5) is 0 Å². The molecule has 0 aromatic heterocycles. The summed E-state index contributed by atoms with van der Waals surface area (Å²) in [5.74, 6) is 0.781. The van der Waals surface area contributed by atoms with E-state index in [2.05, 4.69) is 31.0 Å². The smallest absolute Gasteiger partial charge is 0.0584 e. The van der Waals surface area contributed by atoms with Crippen LogP contribution in [0, 0.1) is 5.92 Å². The number of aliphatic hydroxyl groups is 1. The van der Waals surface area contributed by atoms with Crippen molar-refractivity contribution < 1.29 is 5.11 Å². The average molecular weight is 242 g/mol. The van der Waals surface area contributed by atoms with Crippen LogP contribution in [0.3, 0.4) is 0 Å². The Morgan fingerprint density at radius 3 is 2.41 bits per heavy atom. The van der Waals surface area contributed by atoms with Crippen molar-refractivity contribution in [2.24, 2.45) is 5.92 Å². The zero-order chi connectivity index (χ0) is 12.7. The predicted molar refractivity (Wildman–Crippen MR) is 73.2 cm³/mol. The van der Waals surface area contributed by atoms with Gasteiger partial charge in [-0.05, 0) is 58.2 Å². The van der Waals surface area contributed by atoms with Crippen molar-refractivity contribution in [2.45, 2.75) is 58.5 Å². The van der Waals surface area contributed by atoms with Gasteiger partial charge in [-0.3, -0.25) is 0 Å². The monoisotopic (exact) mass is 242 g/mol. The highest BCUT2D eigenvalue weighted by Gasteiger charge is 2.24. The molecule has 102 valence electrons. The molecule has 3 heteroatoms. The molecular formula is C14H30N2O. The normalized spacial score (nSPS) is 22.6. The number of hydrogen-bond donors (Lipinski definition) is 2. The van der Waals surface area contributed by atoms with E-state index in [1.54, 1.807) is 0 Å². The third kappa shape index (κ3) is 4.94.